The molecule has 3 aromatic rings. The number of aromatic nitrogens is 4. The van der Waals surface area contributed by atoms with E-state index < -0.39 is 0 Å². The number of nitrogens with zero attached hydrogens (tertiary/aromatic N) is 5. The predicted octanol–water partition coefficient (Wildman–Crippen LogP) is 1.05. The Morgan fingerprint density at radius 1 is 1.25 bits per heavy atom. The second-order valence-electron chi connectivity index (χ2n) is 6.18. The predicted molar refractivity (Wildman–Crippen MR) is 89.5 cm³/mol. The minimum atomic E-state index is 0.308. The standard InChI is InChI=1S/C16H17N7O/c17-20-14-7-16(22-8-12-5-11(22)9-24-12)23-15(19-14)6-13(21-23)10-1-3-18-4-2-10/h1-4,6-7,11-12H,5,8-9,17H2,(H,19,20). The maximum Gasteiger partial charge on any atom is 0.160 e. The molecule has 3 N–H and O–H groups in total. The van der Waals surface area contributed by atoms with Crippen molar-refractivity contribution in [1.29, 1.82) is 0 Å². The summed E-state index contributed by atoms with van der Waals surface area (Å²) in [5.74, 6) is 7.23. The van der Waals surface area contributed by atoms with Gasteiger partial charge in [0.2, 0.25) is 0 Å². The first-order valence-electron chi connectivity index (χ1n) is 7.98. The zero-order valence-corrected chi connectivity index (χ0v) is 13.0. The number of rotatable bonds is 3. The Bertz CT molecular complexity index is 894. The maximum absolute atomic E-state index is 5.71. The molecule has 2 bridgehead atoms. The van der Waals surface area contributed by atoms with Crippen LogP contribution >= 0.6 is 0 Å². The highest BCUT2D eigenvalue weighted by Gasteiger charge is 2.40. The molecule has 5 rings (SSSR count). The number of nitrogens with two attached hydrogens (primary N) is 1. The summed E-state index contributed by atoms with van der Waals surface area (Å²) >= 11 is 0. The smallest absolute Gasteiger partial charge is 0.160 e. The molecule has 2 fully saturated rings. The number of fused-ring (bicyclic) bond motifs is 3. The fraction of sp³-hybridized carbons (Fsp3) is 0.312. The molecule has 0 aliphatic carbocycles. The van der Waals surface area contributed by atoms with Gasteiger partial charge in [0.1, 0.15) is 11.6 Å². The number of nitrogen functional groups attached to an aromatic ring is 1. The number of nitrogens with one attached hydrogen (secondary N) is 1. The van der Waals surface area contributed by atoms with Crippen LogP contribution in [-0.4, -0.2) is 44.9 Å². The van der Waals surface area contributed by atoms with E-state index >= 15 is 0 Å². The minimum absolute atomic E-state index is 0.308. The van der Waals surface area contributed by atoms with Crippen molar-refractivity contribution in [2.24, 2.45) is 5.84 Å². The van der Waals surface area contributed by atoms with E-state index in [1.807, 2.05) is 28.8 Å². The molecular formula is C16H17N7O. The van der Waals surface area contributed by atoms with Crippen LogP contribution in [0.1, 0.15) is 6.42 Å². The lowest BCUT2D eigenvalue weighted by Gasteiger charge is -2.29. The van der Waals surface area contributed by atoms with E-state index in [9.17, 15) is 0 Å². The van der Waals surface area contributed by atoms with Crippen molar-refractivity contribution in [1.82, 2.24) is 19.6 Å². The molecule has 0 amide bonds. The summed E-state index contributed by atoms with van der Waals surface area (Å²) in [6.07, 6.45) is 4.89. The van der Waals surface area contributed by atoms with Gasteiger partial charge in [-0.3, -0.25) is 4.98 Å². The third kappa shape index (κ3) is 2.04. The van der Waals surface area contributed by atoms with Crippen LogP contribution in [0, 0.1) is 0 Å². The summed E-state index contributed by atoms with van der Waals surface area (Å²) in [6.45, 7) is 1.64. The minimum Gasteiger partial charge on any atom is -0.374 e. The van der Waals surface area contributed by atoms with Crippen LogP contribution in [0.4, 0.5) is 11.6 Å². The van der Waals surface area contributed by atoms with E-state index in [2.05, 4.69) is 20.3 Å². The first-order chi connectivity index (χ1) is 11.8. The molecule has 2 aliphatic rings. The van der Waals surface area contributed by atoms with Crippen molar-refractivity contribution in [3.63, 3.8) is 0 Å². The molecule has 0 spiro atoms. The molecular weight excluding hydrogens is 306 g/mol. The van der Waals surface area contributed by atoms with Gasteiger partial charge in [-0.05, 0) is 18.6 Å². The Labute approximate surface area is 138 Å². The molecule has 0 radical (unpaired) electrons. The molecule has 8 heteroatoms. The van der Waals surface area contributed by atoms with Crippen LogP contribution in [0.25, 0.3) is 16.9 Å². The molecule has 2 atom stereocenters. The van der Waals surface area contributed by atoms with Crippen molar-refractivity contribution in [3.05, 3.63) is 36.7 Å². The van der Waals surface area contributed by atoms with Gasteiger partial charge in [0.15, 0.2) is 5.65 Å². The van der Waals surface area contributed by atoms with Gasteiger partial charge in [-0.2, -0.15) is 9.61 Å². The van der Waals surface area contributed by atoms with Gasteiger partial charge in [-0.15, -0.1) is 0 Å². The van der Waals surface area contributed by atoms with Crippen LogP contribution < -0.4 is 16.2 Å². The molecule has 0 aromatic carbocycles. The lowest BCUT2D eigenvalue weighted by atomic mass is 10.2. The summed E-state index contributed by atoms with van der Waals surface area (Å²) in [6, 6.07) is 8.17. The third-order valence-electron chi connectivity index (χ3n) is 4.73. The van der Waals surface area contributed by atoms with Gasteiger partial charge >= 0.3 is 0 Å². The van der Waals surface area contributed by atoms with Crippen LogP contribution in [0.2, 0.25) is 0 Å². The average Bonchev–Trinajstić information content (AvgIpc) is 3.36. The summed E-state index contributed by atoms with van der Waals surface area (Å²) in [4.78, 5) is 10.9. The summed E-state index contributed by atoms with van der Waals surface area (Å²) < 4.78 is 7.60. The molecule has 5 heterocycles. The van der Waals surface area contributed by atoms with Crippen LogP contribution in [0.15, 0.2) is 36.7 Å². The Morgan fingerprint density at radius 2 is 2.12 bits per heavy atom. The third-order valence-corrected chi connectivity index (χ3v) is 4.73. The van der Waals surface area contributed by atoms with E-state index in [0.29, 0.717) is 18.0 Å². The lowest BCUT2D eigenvalue weighted by molar-refractivity contribution is 0.0987. The highest BCUT2D eigenvalue weighted by Crippen LogP contribution is 2.34. The van der Waals surface area contributed by atoms with Crippen molar-refractivity contribution >= 4 is 17.3 Å². The monoisotopic (exact) mass is 323 g/mol. The van der Waals surface area contributed by atoms with E-state index in [4.69, 9.17) is 15.7 Å². The van der Waals surface area contributed by atoms with Gasteiger partial charge in [-0.1, -0.05) is 0 Å². The Hall–Kier alpha value is -2.71. The SMILES string of the molecule is NNc1cc(N2CC3CC2CO3)n2nc(-c3ccncc3)cc2n1. The molecule has 2 aliphatic heterocycles. The number of ether oxygens (including phenoxy) is 1. The van der Waals surface area contributed by atoms with Crippen molar-refractivity contribution < 1.29 is 4.74 Å². The van der Waals surface area contributed by atoms with Crippen molar-refractivity contribution in [3.8, 4) is 11.3 Å². The number of hydrogen-bond donors (Lipinski definition) is 2. The lowest BCUT2D eigenvalue weighted by Crippen LogP contribution is -2.38. The molecule has 2 unspecified atom stereocenters. The maximum atomic E-state index is 5.71. The molecule has 3 aromatic heterocycles. The van der Waals surface area contributed by atoms with E-state index in [0.717, 1.165) is 42.3 Å². The fourth-order valence-electron chi connectivity index (χ4n) is 3.58. The molecule has 24 heavy (non-hydrogen) atoms. The number of hydrazine groups is 1. The number of morpholine rings is 1. The number of pyridine rings is 1. The van der Waals surface area contributed by atoms with Gasteiger partial charge in [0, 0.05) is 36.6 Å². The van der Waals surface area contributed by atoms with E-state index in [1.54, 1.807) is 12.4 Å². The van der Waals surface area contributed by atoms with Crippen molar-refractivity contribution in [2.75, 3.05) is 23.5 Å². The van der Waals surface area contributed by atoms with Gasteiger partial charge in [0.25, 0.3) is 0 Å². The second kappa shape index (κ2) is 5.15. The topological polar surface area (TPSA) is 93.6 Å². The number of anilines is 2. The largest absolute Gasteiger partial charge is 0.374 e. The van der Waals surface area contributed by atoms with Crippen LogP contribution in [0.5, 0.6) is 0 Å². The van der Waals surface area contributed by atoms with Gasteiger partial charge in [0.05, 0.1) is 24.4 Å². The van der Waals surface area contributed by atoms with Crippen LogP contribution in [0.3, 0.4) is 0 Å². The Morgan fingerprint density at radius 3 is 2.83 bits per heavy atom. The van der Waals surface area contributed by atoms with E-state index in [1.165, 1.54) is 0 Å². The van der Waals surface area contributed by atoms with Crippen molar-refractivity contribution in [2.45, 2.75) is 18.6 Å². The number of hydrogen-bond acceptors (Lipinski definition) is 7. The normalized spacial score (nSPS) is 22.5. The zero-order chi connectivity index (χ0) is 16.1. The molecule has 8 nitrogen and oxygen atoms in total. The first kappa shape index (κ1) is 13.7. The Balaban J connectivity index is 1.66. The van der Waals surface area contributed by atoms with Gasteiger partial charge in [-0.25, -0.2) is 10.8 Å². The summed E-state index contributed by atoms with van der Waals surface area (Å²) in [5, 5.41) is 4.76. The molecule has 122 valence electrons. The molecule has 2 saturated heterocycles. The molecule has 0 saturated carbocycles. The fourth-order valence-corrected chi connectivity index (χ4v) is 3.58. The van der Waals surface area contributed by atoms with Gasteiger partial charge < -0.3 is 15.1 Å². The quantitative estimate of drug-likeness (QED) is 0.550. The highest BCUT2D eigenvalue weighted by molar-refractivity contribution is 5.67. The first-order valence-corrected chi connectivity index (χ1v) is 7.98. The summed E-state index contributed by atoms with van der Waals surface area (Å²) in [5.41, 5.74) is 5.29. The van der Waals surface area contributed by atoms with E-state index in [-0.39, 0.29) is 0 Å². The van der Waals surface area contributed by atoms with Crippen LogP contribution in [-0.2, 0) is 4.74 Å². The second-order valence-corrected chi connectivity index (χ2v) is 6.18. The summed E-state index contributed by atoms with van der Waals surface area (Å²) in [7, 11) is 0. The zero-order valence-electron chi connectivity index (χ0n) is 13.0. The Kier molecular flexibility index (Phi) is 2.94. The average molecular weight is 323 g/mol. The highest BCUT2D eigenvalue weighted by atomic mass is 16.5.